The van der Waals surface area contributed by atoms with Gasteiger partial charge < -0.3 is 30.8 Å². The van der Waals surface area contributed by atoms with Crippen molar-refractivity contribution in [1.29, 1.82) is 0 Å². The number of hydrogen-bond donors (Lipinski definition) is 3. The molecule has 0 amide bonds. The Morgan fingerprint density at radius 2 is 1.70 bits per heavy atom. The number of nitrogen functional groups attached to an aromatic ring is 2. The molecular weight excluding hydrogens is 324 g/mol. The van der Waals surface area contributed by atoms with E-state index in [4.69, 9.17) is 37.3 Å². The lowest BCUT2D eigenvalue weighted by molar-refractivity contribution is 0.309. The van der Waals surface area contributed by atoms with Crippen LogP contribution in [0, 0.1) is 0 Å². The van der Waals surface area contributed by atoms with Crippen LogP contribution in [-0.2, 0) is 6.42 Å². The second-order valence-corrected chi connectivity index (χ2v) is 4.93. The van der Waals surface area contributed by atoms with Gasteiger partial charge in [0.15, 0.2) is 11.5 Å². The third-order valence-corrected chi connectivity index (χ3v) is 3.67. The number of nitrogens with zero attached hydrogens (tertiary/aromatic N) is 2. The number of methoxy groups -OCH3 is 3. The second-order valence-electron chi connectivity index (χ2n) is 4.56. The molecule has 0 aliphatic heterocycles. The van der Waals surface area contributed by atoms with E-state index in [1.165, 1.54) is 27.5 Å². The van der Waals surface area contributed by atoms with E-state index in [-0.39, 0.29) is 46.2 Å². The molecule has 124 valence electrons. The summed E-state index contributed by atoms with van der Waals surface area (Å²) < 4.78 is 15.7. The van der Waals surface area contributed by atoms with E-state index >= 15 is 0 Å². The van der Waals surface area contributed by atoms with Crippen LogP contribution in [0.2, 0.25) is 5.02 Å². The van der Waals surface area contributed by atoms with Crippen molar-refractivity contribution in [2.45, 2.75) is 6.42 Å². The van der Waals surface area contributed by atoms with E-state index in [0.29, 0.717) is 11.1 Å². The second kappa shape index (κ2) is 6.66. The zero-order valence-electron chi connectivity index (χ0n) is 12.9. The zero-order chi connectivity index (χ0) is 17.1. The molecule has 0 saturated carbocycles. The average molecular weight is 341 g/mol. The van der Waals surface area contributed by atoms with Crippen molar-refractivity contribution >= 4 is 23.4 Å². The number of aromatic nitrogens is 2. The van der Waals surface area contributed by atoms with Gasteiger partial charge in [0.2, 0.25) is 17.4 Å². The molecule has 0 unspecified atom stereocenters. The predicted molar refractivity (Wildman–Crippen MR) is 86.4 cm³/mol. The molecule has 2 rings (SSSR count). The molecule has 0 bridgehead atoms. The minimum atomic E-state index is -0.175. The number of ether oxygens (including phenoxy) is 3. The molecule has 0 fully saturated rings. The number of benzene rings is 1. The van der Waals surface area contributed by atoms with Crippen molar-refractivity contribution in [2.24, 2.45) is 0 Å². The maximum absolute atomic E-state index is 10.5. The third-order valence-electron chi connectivity index (χ3n) is 3.27. The molecule has 5 N–H and O–H groups in total. The Balaban J connectivity index is 2.62. The lowest BCUT2D eigenvalue weighted by atomic mass is 10.0. The van der Waals surface area contributed by atoms with Crippen LogP contribution in [0.5, 0.6) is 23.0 Å². The van der Waals surface area contributed by atoms with Gasteiger partial charge in [0.1, 0.15) is 5.82 Å². The van der Waals surface area contributed by atoms with Crippen LogP contribution < -0.4 is 25.7 Å². The monoisotopic (exact) mass is 340 g/mol. The fourth-order valence-electron chi connectivity index (χ4n) is 2.17. The van der Waals surface area contributed by atoms with Gasteiger partial charge in [-0.1, -0.05) is 11.6 Å². The Bertz CT molecular complexity index is 708. The average Bonchev–Trinajstić information content (AvgIpc) is 2.52. The van der Waals surface area contributed by atoms with Gasteiger partial charge in [0, 0.05) is 23.7 Å². The van der Waals surface area contributed by atoms with E-state index in [9.17, 15) is 5.11 Å². The van der Waals surface area contributed by atoms with E-state index in [1.807, 2.05) is 0 Å². The van der Waals surface area contributed by atoms with Crippen molar-refractivity contribution in [3.63, 3.8) is 0 Å². The molecular formula is C14H17ClN4O4. The summed E-state index contributed by atoms with van der Waals surface area (Å²) in [5.74, 6) is 0.634. The van der Waals surface area contributed by atoms with Crippen LogP contribution in [0.1, 0.15) is 11.1 Å². The molecule has 1 heterocycles. The van der Waals surface area contributed by atoms with E-state index in [2.05, 4.69) is 9.97 Å². The summed E-state index contributed by atoms with van der Waals surface area (Å²) in [6.07, 6.45) is 1.63. The van der Waals surface area contributed by atoms with E-state index in [1.54, 1.807) is 0 Å². The van der Waals surface area contributed by atoms with Crippen molar-refractivity contribution < 1.29 is 19.3 Å². The van der Waals surface area contributed by atoms with Crippen LogP contribution in [-0.4, -0.2) is 36.4 Å². The number of hydrogen-bond acceptors (Lipinski definition) is 8. The Kier molecular flexibility index (Phi) is 4.85. The summed E-state index contributed by atoms with van der Waals surface area (Å²) in [6, 6.07) is 0. The van der Waals surface area contributed by atoms with Crippen LogP contribution in [0.4, 0.5) is 11.8 Å². The maximum atomic E-state index is 10.5. The van der Waals surface area contributed by atoms with Crippen LogP contribution >= 0.6 is 11.6 Å². The minimum absolute atomic E-state index is 0.0615. The number of anilines is 2. The molecule has 9 heteroatoms. The Labute approximate surface area is 138 Å². The Morgan fingerprint density at radius 3 is 2.22 bits per heavy atom. The summed E-state index contributed by atoms with van der Waals surface area (Å²) >= 11 is 6.33. The molecule has 0 aliphatic carbocycles. The number of phenolic OH excluding ortho intramolecular Hbond substituents is 1. The predicted octanol–water partition coefficient (Wildman–Crippen LogP) is 1.62. The largest absolute Gasteiger partial charge is 0.504 e. The van der Waals surface area contributed by atoms with Crippen molar-refractivity contribution in [3.8, 4) is 23.0 Å². The quantitative estimate of drug-likeness (QED) is 0.749. The first-order valence-corrected chi connectivity index (χ1v) is 6.88. The number of nitrogens with two attached hydrogens (primary N) is 2. The normalized spacial score (nSPS) is 10.4. The topological polar surface area (TPSA) is 126 Å². The highest BCUT2D eigenvalue weighted by molar-refractivity contribution is 6.33. The first-order chi connectivity index (χ1) is 10.9. The molecule has 0 aliphatic rings. The number of phenols is 1. The molecule has 0 radical (unpaired) electrons. The van der Waals surface area contributed by atoms with Gasteiger partial charge in [-0.05, 0) is 0 Å². The lowest BCUT2D eigenvalue weighted by Gasteiger charge is -2.18. The van der Waals surface area contributed by atoms with E-state index in [0.717, 1.165) is 0 Å². The highest BCUT2D eigenvalue weighted by atomic mass is 35.5. The molecule has 2 aromatic rings. The summed E-state index contributed by atoms with van der Waals surface area (Å²) in [5, 5.41) is 10.6. The van der Waals surface area contributed by atoms with Crippen LogP contribution in [0.25, 0.3) is 0 Å². The van der Waals surface area contributed by atoms with E-state index < -0.39 is 0 Å². The summed E-state index contributed by atoms with van der Waals surface area (Å²) in [4.78, 5) is 7.77. The molecule has 0 atom stereocenters. The molecule has 0 spiro atoms. The van der Waals surface area contributed by atoms with Crippen molar-refractivity contribution in [2.75, 3.05) is 32.8 Å². The SMILES string of the molecule is COc1c(O)c(Cc2cnc(N)nc2N)c(Cl)c(OC)c1OC. The molecule has 0 saturated heterocycles. The highest BCUT2D eigenvalue weighted by Crippen LogP contribution is 2.51. The lowest BCUT2D eigenvalue weighted by Crippen LogP contribution is -2.05. The van der Waals surface area contributed by atoms with Crippen LogP contribution in [0.3, 0.4) is 0 Å². The smallest absolute Gasteiger partial charge is 0.221 e. The van der Waals surface area contributed by atoms with Gasteiger partial charge in [-0.15, -0.1) is 0 Å². The first kappa shape index (κ1) is 16.8. The summed E-state index contributed by atoms with van der Waals surface area (Å²) in [5.41, 5.74) is 12.2. The number of rotatable bonds is 5. The summed E-state index contributed by atoms with van der Waals surface area (Å²) in [6.45, 7) is 0. The Hall–Kier alpha value is -2.61. The van der Waals surface area contributed by atoms with Crippen molar-refractivity contribution in [1.82, 2.24) is 9.97 Å². The van der Waals surface area contributed by atoms with Gasteiger partial charge in [0.25, 0.3) is 0 Å². The summed E-state index contributed by atoms with van der Waals surface area (Å²) in [7, 11) is 4.25. The molecule has 23 heavy (non-hydrogen) atoms. The first-order valence-electron chi connectivity index (χ1n) is 6.50. The number of halogens is 1. The number of aromatic hydroxyl groups is 1. The van der Waals surface area contributed by atoms with Gasteiger partial charge in [0.05, 0.1) is 26.4 Å². The fourth-order valence-corrected chi connectivity index (χ4v) is 2.49. The fraction of sp³-hybridized carbons (Fsp3) is 0.286. The minimum Gasteiger partial charge on any atom is -0.504 e. The van der Waals surface area contributed by atoms with Gasteiger partial charge >= 0.3 is 0 Å². The molecule has 1 aromatic carbocycles. The van der Waals surface area contributed by atoms with Gasteiger partial charge in [-0.25, -0.2) is 4.98 Å². The highest BCUT2D eigenvalue weighted by Gasteiger charge is 2.26. The zero-order valence-corrected chi connectivity index (χ0v) is 13.6. The van der Waals surface area contributed by atoms with Crippen LogP contribution in [0.15, 0.2) is 6.20 Å². The van der Waals surface area contributed by atoms with Gasteiger partial charge in [-0.2, -0.15) is 4.98 Å². The van der Waals surface area contributed by atoms with Gasteiger partial charge in [-0.3, -0.25) is 0 Å². The van der Waals surface area contributed by atoms with Crippen molar-refractivity contribution in [3.05, 3.63) is 22.3 Å². The Morgan fingerprint density at radius 1 is 1.09 bits per heavy atom. The maximum Gasteiger partial charge on any atom is 0.221 e. The molecule has 1 aromatic heterocycles. The molecule has 8 nitrogen and oxygen atoms in total. The standard InChI is InChI=1S/C14H17ClN4O4/c1-21-10-8(15)7(9(20)11(22-2)12(10)23-3)4-6-5-18-14(17)19-13(6)16/h5,20H,4H2,1-3H3,(H4,16,17,18,19). The third kappa shape index (κ3) is 2.98.